The van der Waals surface area contributed by atoms with E-state index in [2.05, 4.69) is 32.1 Å². The van der Waals surface area contributed by atoms with E-state index in [1.165, 1.54) is 0 Å². The summed E-state index contributed by atoms with van der Waals surface area (Å²) in [5.74, 6) is 0.240. The maximum Gasteiger partial charge on any atom is 0.327 e. The Morgan fingerprint density at radius 2 is 1.92 bits per heavy atom. The number of hydrogen-bond acceptors (Lipinski definition) is 7. The number of unbranched alkanes of at least 4 members (excludes halogenated alkanes) is 1. The molecule has 0 unspecified atom stereocenters. The van der Waals surface area contributed by atoms with Gasteiger partial charge in [0.1, 0.15) is 5.52 Å². The Bertz CT molecular complexity index is 743. The van der Waals surface area contributed by atoms with E-state index in [1.54, 1.807) is 4.57 Å². The van der Waals surface area contributed by atoms with Crippen molar-refractivity contribution in [2.45, 2.75) is 26.3 Å². The van der Waals surface area contributed by atoms with E-state index in [0.717, 1.165) is 45.6 Å². The molecular weight excluding hydrogens is 381 g/mol. The van der Waals surface area contributed by atoms with Gasteiger partial charge in [0.05, 0.1) is 6.61 Å². The summed E-state index contributed by atoms with van der Waals surface area (Å²) in [4.78, 5) is 25.8. The number of fused-ring (bicyclic) bond motifs is 1. The summed E-state index contributed by atoms with van der Waals surface area (Å²) in [6.07, 6.45) is 1.95. The molecule has 0 spiro atoms. The molecule has 0 radical (unpaired) electrons. The molecule has 1 aliphatic heterocycles. The zero-order chi connectivity index (χ0) is 16.9. The molecule has 1 aliphatic rings. The largest absolute Gasteiger partial charge is 0.463 e. The molecule has 0 atom stereocenters. The molecule has 3 heterocycles. The van der Waals surface area contributed by atoms with E-state index in [-0.39, 0.29) is 42.3 Å². The SMILES string of the molecule is CCCCOc1nc(N)c2[nH]c(=O)n(CCN3CCNCC3)c2n1.Cl.Cl. The number of anilines is 1. The number of nitrogen functional groups attached to an aromatic ring is 1. The fraction of sp³-hybridized carbons (Fsp3) is 0.667. The predicted molar refractivity (Wildman–Crippen MR) is 107 cm³/mol. The molecule has 26 heavy (non-hydrogen) atoms. The van der Waals surface area contributed by atoms with Gasteiger partial charge in [0.2, 0.25) is 0 Å². The van der Waals surface area contributed by atoms with E-state index < -0.39 is 0 Å². The second-order valence-electron chi connectivity index (χ2n) is 5.97. The van der Waals surface area contributed by atoms with E-state index in [0.29, 0.717) is 24.3 Å². The van der Waals surface area contributed by atoms with Crippen LogP contribution < -0.4 is 21.5 Å². The molecule has 9 nitrogen and oxygen atoms in total. The smallest absolute Gasteiger partial charge is 0.327 e. The molecule has 3 rings (SSSR count). The molecule has 11 heteroatoms. The van der Waals surface area contributed by atoms with Crippen molar-refractivity contribution in [1.82, 2.24) is 29.7 Å². The number of imidazole rings is 1. The van der Waals surface area contributed by atoms with Gasteiger partial charge in [-0.1, -0.05) is 13.3 Å². The van der Waals surface area contributed by atoms with Gasteiger partial charge in [-0.05, 0) is 6.42 Å². The van der Waals surface area contributed by atoms with Crippen molar-refractivity contribution < 1.29 is 4.74 Å². The maximum absolute atomic E-state index is 12.2. The average molecular weight is 408 g/mol. The zero-order valence-electron chi connectivity index (χ0n) is 14.9. The Balaban J connectivity index is 0.00000169. The number of aromatic amines is 1. The molecule has 148 valence electrons. The van der Waals surface area contributed by atoms with Gasteiger partial charge in [-0.3, -0.25) is 9.47 Å². The summed E-state index contributed by atoms with van der Waals surface area (Å²) < 4.78 is 7.16. The predicted octanol–water partition coefficient (Wildman–Crippen LogP) is 0.629. The number of aromatic nitrogens is 4. The number of hydrogen-bond donors (Lipinski definition) is 3. The maximum atomic E-state index is 12.2. The second-order valence-corrected chi connectivity index (χ2v) is 5.97. The Hall–Kier alpha value is -1.55. The van der Waals surface area contributed by atoms with Gasteiger partial charge >= 0.3 is 11.7 Å². The van der Waals surface area contributed by atoms with Crippen LogP contribution in [0.1, 0.15) is 19.8 Å². The first-order valence-electron chi connectivity index (χ1n) is 8.51. The van der Waals surface area contributed by atoms with Crippen molar-refractivity contribution in [2.75, 3.05) is 45.1 Å². The third kappa shape index (κ3) is 5.23. The molecule has 0 saturated carbocycles. The number of nitrogens with zero attached hydrogens (tertiary/aromatic N) is 4. The molecule has 0 aliphatic carbocycles. The van der Waals surface area contributed by atoms with E-state index >= 15 is 0 Å². The highest BCUT2D eigenvalue weighted by Crippen LogP contribution is 2.17. The molecule has 4 N–H and O–H groups in total. The minimum atomic E-state index is -0.216. The summed E-state index contributed by atoms with van der Waals surface area (Å²) in [6, 6.07) is 0.225. The summed E-state index contributed by atoms with van der Waals surface area (Å²) in [6.45, 7) is 7.91. The van der Waals surface area contributed by atoms with Crippen molar-refractivity contribution in [3.05, 3.63) is 10.5 Å². The van der Waals surface area contributed by atoms with Gasteiger partial charge in [0, 0.05) is 39.3 Å². The summed E-state index contributed by atoms with van der Waals surface area (Å²) in [7, 11) is 0. The number of rotatable bonds is 7. The highest BCUT2D eigenvalue weighted by molar-refractivity contribution is 5.85. The van der Waals surface area contributed by atoms with Crippen LogP contribution in [0.4, 0.5) is 5.82 Å². The Labute approximate surface area is 164 Å². The molecular formula is C15H27Cl2N7O2. The van der Waals surface area contributed by atoms with Crippen LogP contribution in [0.3, 0.4) is 0 Å². The van der Waals surface area contributed by atoms with E-state index in [4.69, 9.17) is 10.5 Å². The third-order valence-corrected chi connectivity index (χ3v) is 4.21. The molecule has 0 bridgehead atoms. The van der Waals surface area contributed by atoms with Crippen molar-refractivity contribution in [3.63, 3.8) is 0 Å². The van der Waals surface area contributed by atoms with Crippen molar-refractivity contribution in [2.24, 2.45) is 0 Å². The van der Waals surface area contributed by atoms with Crippen LogP contribution in [0.25, 0.3) is 11.2 Å². The fourth-order valence-electron chi connectivity index (χ4n) is 2.79. The quantitative estimate of drug-likeness (QED) is 0.576. The van der Waals surface area contributed by atoms with Gasteiger partial charge in [0.15, 0.2) is 11.5 Å². The normalized spacial score (nSPS) is 14.7. The molecule has 2 aromatic rings. The van der Waals surface area contributed by atoms with Gasteiger partial charge in [-0.2, -0.15) is 9.97 Å². The van der Waals surface area contributed by atoms with Crippen LogP contribution in [0.5, 0.6) is 6.01 Å². The van der Waals surface area contributed by atoms with Crippen LogP contribution in [0.2, 0.25) is 0 Å². The lowest BCUT2D eigenvalue weighted by Gasteiger charge is -2.27. The lowest BCUT2D eigenvalue weighted by molar-refractivity contribution is 0.232. The third-order valence-electron chi connectivity index (χ3n) is 4.21. The van der Waals surface area contributed by atoms with Crippen LogP contribution in [0.15, 0.2) is 4.79 Å². The summed E-state index contributed by atoms with van der Waals surface area (Å²) in [5, 5.41) is 3.32. The van der Waals surface area contributed by atoms with Gasteiger partial charge in [-0.25, -0.2) is 4.79 Å². The van der Waals surface area contributed by atoms with Crippen LogP contribution >= 0.6 is 24.8 Å². The van der Waals surface area contributed by atoms with Crippen LogP contribution in [-0.2, 0) is 6.54 Å². The van der Waals surface area contributed by atoms with Crippen LogP contribution in [0, 0.1) is 0 Å². The highest BCUT2D eigenvalue weighted by Gasteiger charge is 2.16. The number of piperazine rings is 1. The number of ether oxygens (including phenoxy) is 1. The first-order valence-corrected chi connectivity index (χ1v) is 8.51. The fourth-order valence-corrected chi connectivity index (χ4v) is 2.79. The van der Waals surface area contributed by atoms with Crippen molar-refractivity contribution in [1.29, 1.82) is 0 Å². The lowest BCUT2D eigenvalue weighted by atomic mass is 10.3. The highest BCUT2D eigenvalue weighted by atomic mass is 35.5. The van der Waals surface area contributed by atoms with Crippen molar-refractivity contribution in [3.8, 4) is 6.01 Å². The van der Waals surface area contributed by atoms with E-state index in [9.17, 15) is 4.79 Å². The van der Waals surface area contributed by atoms with Crippen LogP contribution in [-0.4, -0.2) is 63.7 Å². The molecule has 1 fully saturated rings. The summed E-state index contributed by atoms with van der Waals surface area (Å²) >= 11 is 0. The number of halogens is 2. The Morgan fingerprint density at radius 3 is 2.62 bits per heavy atom. The van der Waals surface area contributed by atoms with E-state index in [1.807, 2.05) is 0 Å². The van der Waals surface area contributed by atoms with Crippen molar-refractivity contribution >= 4 is 41.8 Å². The minimum absolute atomic E-state index is 0. The molecule has 0 aromatic carbocycles. The Morgan fingerprint density at radius 1 is 1.19 bits per heavy atom. The summed E-state index contributed by atoms with van der Waals surface area (Å²) in [5.41, 5.74) is 6.72. The van der Waals surface area contributed by atoms with Gasteiger partial charge in [0.25, 0.3) is 0 Å². The topological polar surface area (TPSA) is 114 Å². The number of nitrogens with two attached hydrogens (primary N) is 1. The van der Waals surface area contributed by atoms with Gasteiger partial charge in [-0.15, -0.1) is 24.8 Å². The zero-order valence-corrected chi connectivity index (χ0v) is 16.5. The first-order chi connectivity index (χ1) is 11.7. The number of nitrogens with one attached hydrogen (secondary N) is 2. The van der Waals surface area contributed by atoms with Gasteiger partial charge < -0.3 is 20.8 Å². The Kier molecular flexibility index (Phi) is 9.14. The second kappa shape index (κ2) is 10.6. The monoisotopic (exact) mass is 407 g/mol. The molecule has 2 aromatic heterocycles. The minimum Gasteiger partial charge on any atom is -0.463 e. The average Bonchev–Trinajstić information content (AvgIpc) is 2.90. The standard InChI is InChI=1S/C15H25N7O2.2ClH/c1-2-3-10-24-14-19-12(16)11-13(20-14)22(15(23)18-11)9-8-21-6-4-17-5-7-21;;/h17H,2-10H2,1H3,(H,18,23)(H2,16,19,20);2*1H. The lowest BCUT2D eigenvalue weighted by Crippen LogP contribution is -2.45. The first kappa shape index (κ1) is 22.5. The molecule has 0 amide bonds. The molecule has 1 saturated heterocycles. The number of H-pyrrole nitrogens is 1.